The number of hydrogen-bond acceptors (Lipinski definition) is 6. The van der Waals surface area contributed by atoms with Crippen molar-refractivity contribution in [2.75, 3.05) is 0 Å². The summed E-state index contributed by atoms with van der Waals surface area (Å²) in [5, 5.41) is 12.6. The molecule has 0 aliphatic heterocycles. The molecule has 4 aromatic rings. The molecule has 2 heterocycles. The molecule has 0 radical (unpaired) electrons. The monoisotopic (exact) mass is 528 g/mol. The number of carbonyl (C=O) groups excluding carboxylic acids is 2. The zero-order valence-electron chi connectivity index (χ0n) is 17.5. The Balaban J connectivity index is 0.000000191. The topological polar surface area (TPSA) is 82.9 Å². The molecule has 0 saturated heterocycles. The van der Waals surface area contributed by atoms with E-state index in [0.29, 0.717) is 19.8 Å². The summed E-state index contributed by atoms with van der Waals surface area (Å²) in [4.78, 5) is 24.3. The van der Waals surface area contributed by atoms with Crippen LogP contribution >= 0.6 is 45.9 Å². The summed E-state index contributed by atoms with van der Waals surface area (Å²) >= 11 is 14.6. The molecule has 0 bridgehead atoms. The van der Waals surface area contributed by atoms with Crippen LogP contribution in [0.3, 0.4) is 0 Å². The van der Waals surface area contributed by atoms with Gasteiger partial charge in [-0.1, -0.05) is 71.7 Å². The van der Waals surface area contributed by atoms with E-state index in [2.05, 4.69) is 21.1 Å². The molecule has 0 unspecified atom stereocenters. The van der Waals surface area contributed by atoms with Crippen LogP contribution in [0.1, 0.15) is 30.5 Å². The molecule has 2 N–H and O–H groups in total. The number of hydrazone groups is 2. The van der Waals surface area contributed by atoms with Crippen LogP contribution in [0.15, 0.2) is 93.8 Å². The smallest absolute Gasteiger partial charge is 0.266 e. The Morgan fingerprint density at radius 1 is 0.647 bits per heavy atom. The third-order valence-corrected chi connectivity index (χ3v) is 6.47. The second-order valence-corrected chi connectivity index (χ2v) is 9.11. The molecule has 0 fully saturated rings. The number of benzene rings is 2. The summed E-state index contributed by atoms with van der Waals surface area (Å²) in [7, 11) is 0. The van der Waals surface area contributed by atoms with E-state index < -0.39 is 0 Å². The van der Waals surface area contributed by atoms with Gasteiger partial charge in [-0.2, -0.15) is 10.2 Å². The van der Waals surface area contributed by atoms with Crippen LogP contribution < -0.4 is 10.9 Å². The van der Waals surface area contributed by atoms with Crippen LogP contribution in [0.2, 0.25) is 10.0 Å². The SMILES string of the molecule is O=C(N/N=C/c1ccccc1Cl)c1cccs1.O=C(N/N=C/c1ccccc1Cl)c1cccs1. The molecule has 10 heteroatoms. The number of rotatable bonds is 6. The maximum absolute atomic E-state index is 11.5. The molecule has 2 aromatic carbocycles. The zero-order chi connectivity index (χ0) is 24.2. The number of nitrogens with one attached hydrogen (secondary N) is 2. The fourth-order valence-electron chi connectivity index (χ4n) is 2.41. The second kappa shape index (κ2) is 13.4. The standard InChI is InChI=1S/2C12H9ClN2OS/c2*13-10-5-2-1-4-9(10)8-14-15-12(16)11-6-3-7-17-11/h2*1-8H,(H,15,16)/b2*14-8+. The largest absolute Gasteiger partial charge is 0.281 e. The molecule has 2 aromatic heterocycles. The lowest BCUT2D eigenvalue weighted by Crippen LogP contribution is -2.16. The van der Waals surface area contributed by atoms with Gasteiger partial charge in [0.15, 0.2) is 0 Å². The highest BCUT2D eigenvalue weighted by molar-refractivity contribution is 7.12. The summed E-state index contributed by atoms with van der Waals surface area (Å²) in [6.45, 7) is 0. The summed E-state index contributed by atoms with van der Waals surface area (Å²) in [6, 6.07) is 21.7. The van der Waals surface area contributed by atoms with E-state index in [1.807, 2.05) is 59.3 Å². The van der Waals surface area contributed by atoms with Gasteiger partial charge in [-0.25, -0.2) is 10.9 Å². The van der Waals surface area contributed by atoms with Crippen LogP contribution in [0.5, 0.6) is 0 Å². The van der Waals surface area contributed by atoms with E-state index in [4.69, 9.17) is 23.2 Å². The van der Waals surface area contributed by atoms with Crippen molar-refractivity contribution in [3.8, 4) is 0 Å². The first kappa shape index (κ1) is 25.3. The number of hydrogen-bond donors (Lipinski definition) is 2. The molecule has 0 spiro atoms. The average Bonchev–Trinajstić information content (AvgIpc) is 3.57. The second-order valence-electron chi connectivity index (χ2n) is 6.40. The molecule has 6 nitrogen and oxygen atoms in total. The van der Waals surface area contributed by atoms with Crippen molar-refractivity contribution >= 4 is 70.1 Å². The van der Waals surface area contributed by atoms with Crippen LogP contribution in [-0.2, 0) is 0 Å². The normalized spacial score (nSPS) is 10.6. The Morgan fingerprint density at radius 2 is 1.06 bits per heavy atom. The van der Waals surface area contributed by atoms with Gasteiger partial charge < -0.3 is 0 Å². The van der Waals surface area contributed by atoms with Crippen molar-refractivity contribution in [1.29, 1.82) is 0 Å². The third kappa shape index (κ3) is 7.93. The summed E-state index contributed by atoms with van der Waals surface area (Å²) in [5.41, 5.74) is 6.42. The fraction of sp³-hybridized carbons (Fsp3) is 0. The predicted octanol–water partition coefficient (Wildman–Crippen LogP) is 6.33. The molecule has 0 atom stereocenters. The van der Waals surface area contributed by atoms with Gasteiger partial charge in [0, 0.05) is 21.2 Å². The van der Waals surface area contributed by atoms with Gasteiger partial charge in [-0.05, 0) is 35.0 Å². The first-order valence-corrected chi connectivity index (χ1v) is 12.3. The van der Waals surface area contributed by atoms with Crippen molar-refractivity contribution < 1.29 is 9.59 Å². The predicted molar refractivity (Wildman–Crippen MR) is 142 cm³/mol. The maximum Gasteiger partial charge on any atom is 0.281 e. The molecule has 172 valence electrons. The molecular weight excluding hydrogens is 511 g/mol. The minimum atomic E-state index is -0.219. The molecule has 0 aliphatic rings. The van der Waals surface area contributed by atoms with Crippen LogP contribution in [0, 0.1) is 0 Å². The molecule has 34 heavy (non-hydrogen) atoms. The van der Waals surface area contributed by atoms with E-state index in [0.717, 1.165) is 11.1 Å². The van der Waals surface area contributed by atoms with Gasteiger partial charge in [0.25, 0.3) is 11.8 Å². The lowest BCUT2D eigenvalue weighted by Gasteiger charge is -1.97. The van der Waals surface area contributed by atoms with Crippen molar-refractivity contribution in [3.63, 3.8) is 0 Å². The van der Waals surface area contributed by atoms with Crippen molar-refractivity contribution in [1.82, 2.24) is 10.9 Å². The molecule has 4 rings (SSSR count). The van der Waals surface area contributed by atoms with Gasteiger partial charge in [-0.3, -0.25) is 9.59 Å². The highest BCUT2D eigenvalue weighted by Gasteiger charge is 2.04. The Labute approximate surface area is 214 Å². The fourth-order valence-corrected chi connectivity index (χ4v) is 4.00. The van der Waals surface area contributed by atoms with Crippen molar-refractivity contribution in [2.24, 2.45) is 10.2 Å². The minimum absolute atomic E-state index is 0.219. The van der Waals surface area contributed by atoms with Crippen molar-refractivity contribution in [2.45, 2.75) is 0 Å². The Bertz CT molecular complexity index is 1170. The van der Waals surface area contributed by atoms with Gasteiger partial charge >= 0.3 is 0 Å². The third-order valence-electron chi connectivity index (χ3n) is 4.04. The maximum atomic E-state index is 11.5. The molecule has 0 saturated carbocycles. The molecule has 0 aliphatic carbocycles. The van der Waals surface area contributed by atoms with E-state index in [9.17, 15) is 9.59 Å². The number of halogens is 2. The lowest BCUT2D eigenvalue weighted by molar-refractivity contribution is 0.0951. The Hall–Kier alpha value is -3.30. The highest BCUT2D eigenvalue weighted by atomic mass is 35.5. The summed E-state index contributed by atoms with van der Waals surface area (Å²) in [6.07, 6.45) is 3.04. The Morgan fingerprint density at radius 3 is 1.41 bits per heavy atom. The summed E-state index contributed by atoms with van der Waals surface area (Å²) in [5.74, 6) is -0.438. The number of nitrogens with zero attached hydrogens (tertiary/aromatic N) is 2. The number of thiophene rings is 2. The van der Waals surface area contributed by atoms with Crippen LogP contribution in [-0.4, -0.2) is 24.2 Å². The molecular formula is C24H18Cl2N4O2S2. The first-order valence-electron chi connectivity index (χ1n) is 9.77. The van der Waals surface area contributed by atoms with Gasteiger partial charge in [-0.15, -0.1) is 22.7 Å². The number of carbonyl (C=O) groups is 2. The van der Waals surface area contributed by atoms with Crippen LogP contribution in [0.4, 0.5) is 0 Å². The average molecular weight is 529 g/mol. The molecule has 2 amide bonds. The van der Waals surface area contributed by atoms with Gasteiger partial charge in [0.1, 0.15) is 0 Å². The zero-order valence-corrected chi connectivity index (χ0v) is 20.7. The lowest BCUT2D eigenvalue weighted by atomic mass is 10.2. The Kier molecular flexibility index (Phi) is 9.99. The first-order chi connectivity index (χ1) is 16.5. The van der Waals surface area contributed by atoms with E-state index in [1.165, 1.54) is 35.1 Å². The van der Waals surface area contributed by atoms with Crippen molar-refractivity contribution in [3.05, 3.63) is 114 Å². The van der Waals surface area contributed by atoms with Crippen LogP contribution in [0.25, 0.3) is 0 Å². The minimum Gasteiger partial charge on any atom is -0.266 e. The van der Waals surface area contributed by atoms with Gasteiger partial charge in [0.05, 0.1) is 22.2 Å². The van der Waals surface area contributed by atoms with E-state index in [-0.39, 0.29) is 11.8 Å². The number of amides is 2. The quantitative estimate of drug-likeness (QED) is 0.226. The highest BCUT2D eigenvalue weighted by Crippen LogP contribution is 2.13. The van der Waals surface area contributed by atoms with Gasteiger partial charge in [0.2, 0.25) is 0 Å². The summed E-state index contributed by atoms with van der Waals surface area (Å²) < 4.78 is 0. The van der Waals surface area contributed by atoms with E-state index >= 15 is 0 Å². The van der Waals surface area contributed by atoms with E-state index in [1.54, 1.807) is 24.3 Å².